The normalized spacial score (nSPS) is 11.3. The molecule has 0 spiro atoms. The van der Waals surface area contributed by atoms with Crippen LogP contribution in [0.1, 0.15) is 25.8 Å². The van der Waals surface area contributed by atoms with Crippen molar-refractivity contribution in [3.05, 3.63) is 42.2 Å². The number of nitrogens with one attached hydrogen (secondary N) is 2. The van der Waals surface area contributed by atoms with Gasteiger partial charge in [0.05, 0.1) is 24.5 Å². The number of benzene rings is 1. The Hall–Kier alpha value is -3.07. The fraction of sp³-hybridized carbons (Fsp3) is 0.391. The molecule has 0 bridgehead atoms. The highest BCUT2D eigenvalue weighted by Crippen LogP contribution is 2.24. The zero-order chi connectivity index (χ0) is 22.5. The second-order valence-electron chi connectivity index (χ2n) is 7.63. The van der Waals surface area contributed by atoms with E-state index in [0.29, 0.717) is 19.5 Å². The van der Waals surface area contributed by atoms with E-state index in [2.05, 4.69) is 51.3 Å². The summed E-state index contributed by atoms with van der Waals surface area (Å²) in [4.78, 5) is 21.9. The first-order valence-corrected chi connectivity index (χ1v) is 12.0. The number of carbonyl (C=O) groups excluding carboxylic acids is 1. The summed E-state index contributed by atoms with van der Waals surface area (Å²) in [6.07, 6.45) is 5.19. The number of hydrogen-bond acceptors (Lipinski definition) is 6. The van der Waals surface area contributed by atoms with Crippen LogP contribution in [-0.4, -0.2) is 49.1 Å². The third kappa shape index (κ3) is 4.72. The molecule has 1 amide bonds. The lowest BCUT2D eigenvalue weighted by atomic mass is 10.1. The molecule has 4 rings (SSSR count). The van der Waals surface area contributed by atoms with E-state index >= 15 is 0 Å². The van der Waals surface area contributed by atoms with Crippen molar-refractivity contribution in [2.75, 3.05) is 24.2 Å². The van der Waals surface area contributed by atoms with E-state index in [1.54, 1.807) is 18.0 Å². The molecule has 0 aliphatic rings. The zero-order valence-corrected chi connectivity index (χ0v) is 19.6. The van der Waals surface area contributed by atoms with Crippen LogP contribution in [0.4, 0.5) is 5.82 Å². The van der Waals surface area contributed by atoms with Crippen LogP contribution < -0.4 is 10.6 Å². The molecule has 0 atom stereocenters. The number of nitrogens with zero attached hydrogens (tertiary/aromatic N) is 5. The molecule has 9 heteroatoms. The molecule has 1 aromatic carbocycles. The maximum absolute atomic E-state index is 12.6. The standard InChI is InChI=1S/C23H29N7OS/c1-4-10-25-21-18-14-26-30(22(18)28-23(27-21)32-5-2)12-11-24-20(31)13-16-15-29(3)19-9-7-6-8-17(16)19/h6-9,14-15H,4-5,10-13H2,1-3H3,(H,24,31)(H,25,27,28). The first-order valence-electron chi connectivity index (χ1n) is 11.0. The van der Waals surface area contributed by atoms with Crippen LogP contribution in [0.25, 0.3) is 21.9 Å². The highest BCUT2D eigenvalue weighted by atomic mass is 32.2. The molecule has 3 heterocycles. The molecule has 0 saturated heterocycles. The summed E-state index contributed by atoms with van der Waals surface area (Å²) in [5, 5.41) is 13.7. The number of para-hydroxylation sites is 1. The van der Waals surface area contributed by atoms with Gasteiger partial charge in [-0.15, -0.1) is 0 Å². The third-order valence-corrected chi connectivity index (χ3v) is 6.00. The Labute approximate surface area is 191 Å². The van der Waals surface area contributed by atoms with Crippen LogP contribution in [0.5, 0.6) is 0 Å². The highest BCUT2D eigenvalue weighted by Gasteiger charge is 2.14. The molecule has 0 radical (unpaired) electrons. The predicted octanol–water partition coefficient (Wildman–Crippen LogP) is 3.61. The minimum absolute atomic E-state index is 0.0000281. The number of aryl methyl sites for hydroxylation is 1. The number of thioether (sulfide) groups is 1. The molecule has 8 nitrogen and oxygen atoms in total. The Bertz CT molecular complexity index is 1230. The molecule has 0 aliphatic heterocycles. The second-order valence-corrected chi connectivity index (χ2v) is 8.86. The third-order valence-electron chi connectivity index (χ3n) is 5.27. The summed E-state index contributed by atoms with van der Waals surface area (Å²) >= 11 is 1.61. The lowest BCUT2D eigenvalue weighted by molar-refractivity contribution is -0.120. The van der Waals surface area contributed by atoms with Crippen molar-refractivity contribution < 1.29 is 4.79 Å². The van der Waals surface area contributed by atoms with Gasteiger partial charge in [0.1, 0.15) is 5.82 Å². The minimum atomic E-state index is -0.0000281. The first-order chi connectivity index (χ1) is 15.6. The van der Waals surface area contributed by atoms with E-state index in [4.69, 9.17) is 4.98 Å². The van der Waals surface area contributed by atoms with Crippen LogP contribution in [0.2, 0.25) is 0 Å². The van der Waals surface area contributed by atoms with E-state index in [0.717, 1.165) is 57.2 Å². The topological polar surface area (TPSA) is 89.7 Å². The first kappa shape index (κ1) is 22.1. The SMILES string of the molecule is CCCNc1nc(SCC)nc2c1cnn2CCNC(=O)Cc1cn(C)c2ccccc12. The van der Waals surface area contributed by atoms with Crippen LogP contribution in [0, 0.1) is 0 Å². The number of fused-ring (bicyclic) bond motifs is 2. The van der Waals surface area contributed by atoms with Gasteiger partial charge in [-0.1, -0.05) is 43.8 Å². The summed E-state index contributed by atoms with van der Waals surface area (Å²) in [6, 6.07) is 8.14. The van der Waals surface area contributed by atoms with Gasteiger partial charge >= 0.3 is 0 Å². The van der Waals surface area contributed by atoms with Gasteiger partial charge in [0.15, 0.2) is 10.8 Å². The lowest BCUT2D eigenvalue weighted by Crippen LogP contribution is -2.28. The summed E-state index contributed by atoms with van der Waals surface area (Å²) in [7, 11) is 2.00. The summed E-state index contributed by atoms with van der Waals surface area (Å²) in [5.74, 6) is 1.72. The summed E-state index contributed by atoms with van der Waals surface area (Å²) in [5.41, 5.74) is 2.95. The van der Waals surface area contributed by atoms with Crippen LogP contribution in [0.3, 0.4) is 0 Å². The molecule has 3 aromatic heterocycles. The zero-order valence-electron chi connectivity index (χ0n) is 18.8. The highest BCUT2D eigenvalue weighted by molar-refractivity contribution is 7.99. The van der Waals surface area contributed by atoms with Crippen molar-refractivity contribution in [2.45, 2.75) is 38.4 Å². The Balaban J connectivity index is 1.43. The van der Waals surface area contributed by atoms with Gasteiger partial charge in [0, 0.05) is 37.2 Å². The Morgan fingerprint density at radius 1 is 1.12 bits per heavy atom. The number of anilines is 1. The average Bonchev–Trinajstić information content (AvgIpc) is 3.34. The second kappa shape index (κ2) is 10.0. The average molecular weight is 452 g/mol. The Kier molecular flexibility index (Phi) is 6.94. The molecular weight excluding hydrogens is 422 g/mol. The Morgan fingerprint density at radius 3 is 2.78 bits per heavy atom. The van der Waals surface area contributed by atoms with E-state index < -0.39 is 0 Å². The largest absolute Gasteiger partial charge is 0.369 e. The molecule has 0 aliphatic carbocycles. The molecule has 0 unspecified atom stereocenters. The van der Waals surface area contributed by atoms with Gasteiger partial charge in [0.2, 0.25) is 5.91 Å². The maximum Gasteiger partial charge on any atom is 0.224 e. The van der Waals surface area contributed by atoms with Crippen molar-refractivity contribution in [1.29, 1.82) is 0 Å². The van der Waals surface area contributed by atoms with E-state index in [1.807, 2.05) is 30.1 Å². The van der Waals surface area contributed by atoms with Gasteiger partial charge in [-0.2, -0.15) is 5.10 Å². The van der Waals surface area contributed by atoms with Crippen molar-refractivity contribution in [3.63, 3.8) is 0 Å². The number of carbonyl (C=O) groups is 1. The monoisotopic (exact) mass is 451 g/mol. The molecule has 4 aromatic rings. The molecule has 168 valence electrons. The number of aromatic nitrogens is 5. The number of rotatable bonds is 10. The molecule has 0 saturated carbocycles. The lowest BCUT2D eigenvalue weighted by Gasteiger charge is -2.09. The predicted molar refractivity (Wildman–Crippen MR) is 130 cm³/mol. The van der Waals surface area contributed by atoms with Gasteiger partial charge in [0.25, 0.3) is 0 Å². The minimum Gasteiger partial charge on any atom is -0.369 e. The summed E-state index contributed by atoms with van der Waals surface area (Å²) in [6.45, 7) is 6.08. The maximum atomic E-state index is 12.6. The summed E-state index contributed by atoms with van der Waals surface area (Å²) < 4.78 is 3.90. The van der Waals surface area contributed by atoms with E-state index in [9.17, 15) is 4.79 Å². The molecule has 2 N–H and O–H groups in total. The fourth-order valence-electron chi connectivity index (χ4n) is 3.77. The molecule has 32 heavy (non-hydrogen) atoms. The van der Waals surface area contributed by atoms with Crippen LogP contribution >= 0.6 is 11.8 Å². The molecular formula is C23H29N7OS. The van der Waals surface area contributed by atoms with Gasteiger partial charge in [-0.3, -0.25) is 4.79 Å². The quantitative estimate of drug-likeness (QED) is 0.283. The van der Waals surface area contributed by atoms with E-state index in [-0.39, 0.29) is 5.91 Å². The van der Waals surface area contributed by atoms with Crippen molar-refractivity contribution >= 4 is 45.4 Å². The number of hydrogen-bond donors (Lipinski definition) is 2. The number of amides is 1. The van der Waals surface area contributed by atoms with Crippen molar-refractivity contribution in [2.24, 2.45) is 7.05 Å². The molecule has 0 fully saturated rings. The van der Waals surface area contributed by atoms with Gasteiger partial charge in [-0.05, 0) is 23.8 Å². The fourth-order valence-corrected chi connectivity index (χ4v) is 4.34. The van der Waals surface area contributed by atoms with E-state index in [1.165, 1.54) is 0 Å². The van der Waals surface area contributed by atoms with Crippen molar-refractivity contribution in [1.82, 2.24) is 29.6 Å². The van der Waals surface area contributed by atoms with Crippen LogP contribution in [0.15, 0.2) is 41.8 Å². The van der Waals surface area contributed by atoms with Crippen molar-refractivity contribution in [3.8, 4) is 0 Å². The van der Waals surface area contributed by atoms with Gasteiger partial charge in [-0.25, -0.2) is 14.6 Å². The Morgan fingerprint density at radius 2 is 1.97 bits per heavy atom. The van der Waals surface area contributed by atoms with Gasteiger partial charge < -0.3 is 15.2 Å². The van der Waals surface area contributed by atoms with Crippen LogP contribution in [-0.2, 0) is 24.8 Å². The smallest absolute Gasteiger partial charge is 0.224 e.